The smallest absolute Gasteiger partial charge is 0.314 e. The summed E-state index contributed by atoms with van der Waals surface area (Å²) in [4.78, 5) is 12.4. The Kier molecular flexibility index (Phi) is 7.27. The first kappa shape index (κ1) is 16.3. The number of thiophene rings is 1. The van der Waals surface area contributed by atoms with Gasteiger partial charge in [0.15, 0.2) is 0 Å². The zero-order valence-corrected chi connectivity index (χ0v) is 13.1. The number of rotatable bonds is 8. The molecule has 0 aliphatic rings. The minimum absolute atomic E-state index is 0.212. The summed E-state index contributed by atoms with van der Waals surface area (Å²) in [6.45, 7) is 2.59. The third-order valence-corrected chi connectivity index (χ3v) is 4.53. The van der Waals surface area contributed by atoms with Crippen molar-refractivity contribution in [2.75, 3.05) is 25.1 Å². The molecule has 0 unspecified atom stereocenters. The molecular formula is C13H22N2O2S2. The van der Waals surface area contributed by atoms with Crippen LogP contribution >= 0.6 is 23.1 Å². The van der Waals surface area contributed by atoms with Crippen LogP contribution in [0.2, 0.25) is 0 Å². The van der Waals surface area contributed by atoms with Crippen molar-refractivity contribution in [1.29, 1.82) is 0 Å². The van der Waals surface area contributed by atoms with Gasteiger partial charge in [-0.25, -0.2) is 4.79 Å². The molecule has 2 amide bonds. The van der Waals surface area contributed by atoms with Gasteiger partial charge in [-0.2, -0.15) is 11.8 Å². The van der Waals surface area contributed by atoms with Gasteiger partial charge < -0.3 is 15.7 Å². The molecule has 0 radical (unpaired) electrons. The second kappa shape index (κ2) is 8.45. The highest BCUT2D eigenvalue weighted by Crippen LogP contribution is 2.24. The summed E-state index contributed by atoms with van der Waals surface area (Å²) in [5, 5.41) is 17.6. The lowest BCUT2D eigenvalue weighted by atomic mass is 10.1. The van der Waals surface area contributed by atoms with Crippen molar-refractivity contribution < 1.29 is 9.90 Å². The van der Waals surface area contributed by atoms with Crippen LogP contribution in [0.15, 0.2) is 17.5 Å². The van der Waals surface area contributed by atoms with E-state index in [4.69, 9.17) is 0 Å². The van der Waals surface area contributed by atoms with Crippen LogP contribution in [0.5, 0.6) is 0 Å². The number of hydrogen-bond acceptors (Lipinski definition) is 4. The van der Waals surface area contributed by atoms with Gasteiger partial charge >= 0.3 is 6.03 Å². The summed E-state index contributed by atoms with van der Waals surface area (Å²) in [6, 6.07) is 3.54. The van der Waals surface area contributed by atoms with Gasteiger partial charge in [-0.1, -0.05) is 6.07 Å². The molecule has 0 saturated heterocycles. The van der Waals surface area contributed by atoms with E-state index in [0.717, 1.165) is 23.5 Å². The fourth-order valence-electron chi connectivity index (χ4n) is 1.56. The lowest BCUT2D eigenvalue weighted by molar-refractivity contribution is 0.0631. The summed E-state index contributed by atoms with van der Waals surface area (Å²) in [5.74, 6) is 1.12. The first-order valence-electron chi connectivity index (χ1n) is 6.33. The minimum Gasteiger partial charge on any atom is -0.383 e. The summed E-state index contributed by atoms with van der Waals surface area (Å²) in [7, 11) is 0. The largest absolute Gasteiger partial charge is 0.383 e. The molecule has 0 fully saturated rings. The Hall–Kier alpha value is -0.720. The Balaban J connectivity index is 2.19. The molecule has 4 nitrogen and oxygen atoms in total. The van der Waals surface area contributed by atoms with Crippen molar-refractivity contribution >= 4 is 29.1 Å². The molecule has 1 aromatic rings. The van der Waals surface area contributed by atoms with E-state index in [9.17, 15) is 9.90 Å². The maximum atomic E-state index is 11.6. The molecule has 1 aromatic heterocycles. The van der Waals surface area contributed by atoms with E-state index >= 15 is 0 Å². The van der Waals surface area contributed by atoms with Gasteiger partial charge in [-0.3, -0.25) is 0 Å². The fourth-order valence-corrected chi connectivity index (χ4v) is 2.84. The van der Waals surface area contributed by atoms with Crippen molar-refractivity contribution in [2.45, 2.75) is 25.4 Å². The van der Waals surface area contributed by atoms with E-state index in [2.05, 4.69) is 16.9 Å². The number of amides is 2. The summed E-state index contributed by atoms with van der Waals surface area (Å²) >= 11 is 3.30. The van der Waals surface area contributed by atoms with Crippen molar-refractivity contribution in [2.24, 2.45) is 0 Å². The predicted molar refractivity (Wildman–Crippen MR) is 82.9 cm³/mol. The van der Waals surface area contributed by atoms with Crippen LogP contribution in [-0.2, 0) is 5.60 Å². The molecule has 1 rings (SSSR count). The highest BCUT2D eigenvalue weighted by Gasteiger charge is 2.24. The molecule has 19 heavy (non-hydrogen) atoms. The minimum atomic E-state index is -1.01. The standard InChI is InChI=1S/C13H22N2O2S2/c1-13(17,11-6-5-9-19-11)10-15-12(16)14-7-3-4-8-18-2/h5-6,9,17H,3-4,7-8,10H2,1-2H3,(H2,14,15,16)/t13-/m0/s1. The molecule has 0 aromatic carbocycles. The molecule has 0 aliphatic heterocycles. The third kappa shape index (κ3) is 6.31. The van der Waals surface area contributed by atoms with Crippen molar-refractivity contribution in [3.05, 3.63) is 22.4 Å². The third-order valence-electron chi connectivity index (χ3n) is 2.71. The Labute approximate surface area is 123 Å². The van der Waals surface area contributed by atoms with E-state index in [1.54, 1.807) is 6.92 Å². The van der Waals surface area contributed by atoms with Crippen LogP contribution in [0.4, 0.5) is 4.79 Å². The number of carbonyl (C=O) groups is 1. The van der Waals surface area contributed by atoms with Crippen LogP contribution in [0.25, 0.3) is 0 Å². The Morgan fingerprint density at radius 2 is 2.26 bits per heavy atom. The highest BCUT2D eigenvalue weighted by atomic mass is 32.2. The van der Waals surface area contributed by atoms with Gasteiger partial charge in [0.05, 0.1) is 6.54 Å². The molecule has 0 bridgehead atoms. The van der Waals surface area contributed by atoms with Gasteiger partial charge in [0.25, 0.3) is 0 Å². The zero-order valence-electron chi connectivity index (χ0n) is 11.4. The number of thioether (sulfide) groups is 1. The Bertz CT molecular complexity index is 367. The molecule has 0 aliphatic carbocycles. The number of urea groups is 1. The van der Waals surface area contributed by atoms with Gasteiger partial charge in [0, 0.05) is 11.4 Å². The van der Waals surface area contributed by atoms with E-state index < -0.39 is 5.60 Å². The maximum Gasteiger partial charge on any atom is 0.314 e. The van der Waals surface area contributed by atoms with Gasteiger partial charge in [-0.05, 0) is 43.2 Å². The van der Waals surface area contributed by atoms with Gasteiger partial charge in [0.1, 0.15) is 5.60 Å². The van der Waals surface area contributed by atoms with Crippen LogP contribution in [-0.4, -0.2) is 36.2 Å². The number of nitrogens with one attached hydrogen (secondary N) is 2. The Morgan fingerprint density at radius 1 is 1.47 bits per heavy atom. The van der Waals surface area contributed by atoms with Crippen LogP contribution < -0.4 is 10.6 Å². The topological polar surface area (TPSA) is 61.4 Å². The summed E-state index contributed by atoms with van der Waals surface area (Å²) in [5.41, 5.74) is -1.01. The van der Waals surface area contributed by atoms with Gasteiger partial charge in [0.2, 0.25) is 0 Å². The van der Waals surface area contributed by atoms with Crippen molar-refractivity contribution in [1.82, 2.24) is 10.6 Å². The summed E-state index contributed by atoms with van der Waals surface area (Å²) < 4.78 is 0. The molecule has 0 spiro atoms. The molecule has 1 heterocycles. The number of carbonyl (C=O) groups excluding carboxylic acids is 1. The van der Waals surface area contributed by atoms with Crippen LogP contribution in [0.1, 0.15) is 24.6 Å². The Morgan fingerprint density at radius 3 is 2.89 bits per heavy atom. The first-order chi connectivity index (χ1) is 9.06. The lowest BCUT2D eigenvalue weighted by Gasteiger charge is -2.22. The average molecular weight is 302 g/mol. The highest BCUT2D eigenvalue weighted by molar-refractivity contribution is 7.98. The molecular weight excluding hydrogens is 280 g/mol. The zero-order chi connectivity index (χ0) is 14.1. The van der Waals surface area contributed by atoms with Crippen molar-refractivity contribution in [3.63, 3.8) is 0 Å². The number of unbranched alkanes of at least 4 members (excludes halogenated alkanes) is 1. The van der Waals surface area contributed by atoms with E-state index in [1.165, 1.54) is 11.3 Å². The molecule has 1 atom stereocenters. The fraction of sp³-hybridized carbons (Fsp3) is 0.615. The maximum absolute atomic E-state index is 11.6. The van der Waals surface area contributed by atoms with Gasteiger partial charge in [-0.15, -0.1) is 11.3 Å². The van der Waals surface area contributed by atoms with E-state index in [0.29, 0.717) is 6.54 Å². The number of aliphatic hydroxyl groups is 1. The monoisotopic (exact) mass is 302 g/mol. The predicted octanol–water partition coefficient (Wildman–Crippen LogP) is 2.40. The lowest BCUT2D eigenvalue weighted by Crippen LogP contribution is -2.43. The quantitative estimate of drug-likeness (QED) is 0.646. The first-order valence-corrected chi connectivity index (χ1v) is 8.60. The van der Waals surface area contributed by atoms with E-state index in [-0.39, 0.29) is 12.6 Å². The number of hydrogen-bond donors (Lipinski definition) is 3. The second-order valence-electron chi connectivity index (χ2n) is 4.56. The second-order valence-corrected chi connectivity index (χ2v) is 6.49. The SMILES string of the molecule is CSCCCCNC(=O)NC[C@](C)(O)c1cccs1. The molecule has 0 saturated carbocycles. The van der Waals surface area contributed by atoms with Crippen LogP contribution in [0.3, 0.4) is 0 Å². The van der Waals surface area contributed by atoms with Crippen LogP contribution in [0, 0.1) is 0 Å². The summed E-state index contributed by atoms with van der Waals surface area (Å²) in [6.07, 6.45) is 4.16. The van der Waals surface area contributed by atoms with E-state index in [1.807, 2.05) is 29.3 Å². The molecule has 108 valence electrons. The molecule has 3 N–H and O–H groups in total. The normalized spacial score (nSPS) is 13.8. The average Bonchev–Trinajstić information content (AvgIpc) is 2.91. The molecule has 6 heteroatoms. The van der Waals surface area contributed by atoms with Crippen molar-refractivity contribution in [3.8, 4) is 0 Å².